The summed E-state index contributed by atoms with van der Waals surface area (Å²) in [6.45, 7) is 8.79. The highest BCUT2D eigenvalue weighted by atomic mass is 32.1. The minimum absolute atomic E-state index is 0.0536. The summed E-state index contributed by atoms with van der Waals surface area (Å²) in [4.78, 5) is 19.6. The first-order chi connectivity index (χ1) is 8.54. The van der Waals surface area contributed by atoms with E-state index in [1.165, 1.54) is 12.8 Å². The minimum Gasteiger partial charge on any atom is -0.301 e. The second-order valence-electron chi connectivity index (χ2n) is 5.19. The molecule has 4 nitrogen and oxygen atoms in total. The van der Waals surface area contributed by atoms with E-state index in [0.717, 1.165) is 28.8 Å². The van der Waals surface area contributed by atoms with Crippen molar-refractivity contribution in [2.24, 2.45) is 5.92 Å². The highest BCUT2D eigenvalue weighted by molar-refractivity contribution is 7.15. The normalized spacial score (nSPS) is 20.9. The van der Waals surface area contributed by atoms with Crippen molar-refractivity contribution in [3.8, 4) is 0 Å². The fourth-order valence-electron chi connectivity index (χ4n) is 2.32. The van der Waals surface area contributed by atoms with E-state index in [0.29, 0.717) is 12.5 Å². The van der Waals surface area contributed by atoms with Gasteiger partial charge in [-0.15, -0.1) is 11.3 Å². The quantitative estimate of drug-likeness (QED) is 0.915. The lowest BCUT2D eigenvalue weighted by Gasteiger charge is -2.29. The monoisotopic (exact) mass is 267 g/mol. The van der Waals surface area contributed by atoms with Crippen molar-refractivity contribution in [3.05, 3.63) is 10.6 Å². The van der Waals surface area contributed by atoms with Crippen LogP contribution in [-0.2, 0) is 4.79 Å². The number of likely N-dealkylation sites (tertiary alicyclic amines) is 1. The Morgan fingerprint density at radius 1 is 1.56 bits per heavy atom. The lowest BCUT2D eigenvalue weighted by atomic mass is 10.0. The van der Waals surface area contributed by atoms with Gasteiger partial charge in [0, 0.05) is 11.4 Å². The van der Waals surface area contributed by atoms with Crippen molar-refractivity contribution >= 4 is 22.4 Å². The smallest absolute Gasteiger partial charge is 0.240 e. The minimum atomic E-state index is 0.0536. The Morgan fingerprint density at radius 3 is 2.94 bits per heavy atom. The third-order valence-electron chi connectivity index (χ3n) is 3.38. The molecule has 0 spiro atoms. The molecule has 1 aliphatic heterocycles. The number of nitrogens with zero attached hydrogens (tertiary/aromatic N) is 2. The van der Waals surface area contributed by atoms with Crippen molar-refractivity contribution in [2.75, 3.05) is 25.0 Å². The molecule has 1 aromatic heterocycles. The van der Waals surface area contributed by atoms with E-state index in [2.05, 4.69) is 22.1 Å². The van der Waals surface area contributed by atoms with Crippen molar-refractivity contribution in [3.63, 3.8) is 0 Å². The van der Waals surface area contributed by atoms with E-state index in [4.69, 9.17) is 0 Å². The molecule has 5 heteroatoms. The van der Waals surface area contributed by atoms with Crippen LogP contribution in [0.25, 0.3) is 0 Å². The van der Waals surface area contributed by atoms with Crippen molar-refractivity contribution < 1.29 is 4.79 Å². The topological polar surface area (TPSA) is 45.2 Å². The van der Waals surface area contributed by atoms with Gasteiger partial charge in [-0.1, -0.05) is 6.92 Å². The van der Waals surface area contributed by atoms with Gasteiger partial charge in [0.05, 0.1) is 12.2 Å². The van der Waals surface area contributed by atoms with E-state index in [-0.39, 0.29) is 5.91 Å². The van der Waals surface area contributed by atoms with Crippen molar-refractivity contribution in [1.29, 1.82) is 0 Å². The number of amides is 1. The summed E-state index contributed by atoms with van der Waals surface area (Å²) in [6.07, 6.45) is 2.48. The van der Waals surface area contributed by atoms with Gasteiger partial charge < -0.3 is 5.32 Å². The SMILES string of the molecule is Cc1nc(NC(=O)CN2CCC[C@@H](C)C2)sc1C. The van der Waals surface area contributed by atoms with Gasteiger partial charge >= 0.3 is 0 Å². The van der Waals surface area contributed by atoms with Gasteiger partial charge in [-0.2, -0.15) is 0 Å². The summed E-state index contributed by atoms with van der Waals surface area (Å²) in [5.41, 5.74) is 1.00. The number of carbonyl (C=O) groups is 1. The molecule has 2 heterocycles. The third kappa shape index (κ3) is 3.53. The first-order valence-corrected chi connectivity index (χ1v) is 7.32. The Hall–Kier alpha value is -0.940. The number of rotatable bonds is 3. The largest absolute Gasteiger partial charge is 0.301 e. The van der Waals surface area contributed by atoms with Gasteiger partial charge in [-0.05, 0) is 39.2 Å². The fraction of sp³-hybridized carbons (Fsp3) is 0.692. The van der Waals surface area contributed by atoms with Gasteiger partial charge in [0.2, 0.25) is 5.91 Å². The van der Waals surface area contributed by atoms with Crippen LogP contribution >= 0.6 is 11.3 Å². The average molecular weight is 267 g/mol. The first-order valence-electron chi connectivity index (χ1n) is 6.51. The molecule has 1 aliphatic rings. The highest BCUT2D eigenvalue weighted by Crippen LogP contribution is 2.21. The van der Waals surface area contributed by atoms with Gasteiger partial charge in [0.25, 0.3) is 0 Å². The Kier molecular flexibility index (Phi) is 4.35. The molecule has 0 unspecified atom stereocenters. The van der Waals surface area contributed by atoms with Crippen molar-refractivity contribution in [1.82, 2.24) is 9.88 Å². The van der Waals surface area contributed by atoms with E-state index in [1.54, 1.807) is 11.3 Å². The zero-order valence-electron chi connectivity index (χ0n) is 11.3. The summed E-state index contributed by atoms with van der Waals surface area (Å²) in [5, 5.41) is 3.61. The Morgan fingerprint density at radius 2 is 2.33 bits per heavy atom. The fourth-order valence-corrected chi connectivity index (χ4v) is 3.15. The maximum Gasteiger partial charge on any atom is 0.240 e. The summed E-state index contributed by atoms with van der Waals surface area (Å²) < 4.78 is 0. The molecule has 0 radical (unpaired) electrons. The number of piperidine rings is 1. The lowest BCUT2D eigenvalue weighted by Crippen LogP contribution is -2.39. The van der Waals surface area contributed by atoms with Gasteiger partial charge in [0.15, 0.2) is 5.13 Å². The summed E-state index contributed by atoms with van der Waals surface area (Å²) >= 11 is 1.54. The molecule has 18 heavy (non-hydrogen) atoms. The van der Waals surface area contributed by atoms with Gasteiger partial charge in [0.1, 0.15) is 0 Å². The van der Waals surface area contributed by atoms with Crippen LogP contribution in [0.2, 0.25) is 0 Å². The molecule has 0 saturated carbocycles. The molecule has 1 saturated heterocycles. The molecule has 1 fully saturated rings. The molecular formula is C13H21N3OS. The number of hydrogen-bond acceptors (Lipinski definition) is 4. The summed E-state index contributed by atoms with van der Waals surface area (Å²) in [5.74, 6) is 0.758. The highest BCUT2D eigenvalue weighted by Gasteiger charge is 2.19. The van der Waals surface area contributed by atoms with Gasteiger partial charge in [-0.25, -0.2) is 4.98 Å². The predicted octanol–water partition coefficient (Wildman–Crippen LogP) is 2.43. The number of anilines is 1. The van der Waals surface area contributed by atoms with Crippen molar-refractivity contribution in [2.45, 2.75) is 33.6 Å². The van der Waals surface area contributed by atoms with Crippen LogP contribution in [0, 0.1) is 19.8 Å². The van der Waals surface area contributed by atoms with Crippen LogP contribution in [0.4, 0.5) is 5.13 Å². The van der Waals surface area contributed by atoms with E-state index in [1.807, 2.05) is 13.8 Å². The van der Waals surface area contributed by atoms with Crippen LogP contribution < -0.4 is 5.32 Å². The number of hydrogen-bond donors (Lipinski definition) is 1. The predicted molar refractivity (Wildman–Crippen MR) is 75.1 cm³/mol. The Bertz CT molecular complexity index is 410. The average Bonchev–Trinajstić information content (AvgIpc) is 2.57. The number of aryl methyl sites for hydroxylation is 2. The van der Waals surface area contributed by atoms with Crippen LogP contribution in [-0.4, -0.2) is 35.4 Å². The van der Waals surface area contributed by atoms with Crippen LogP contribution in [0.1, 0.15) is 30.3 Å². The number of nitrogens with one attached hydrogen (secondary N) is 1. The lowest BCUT2D eigenvalue weighted by molar-refractivity contribution is -0.117. The molecule has 1 atom stereocenters. The Balaban J connectivity index is 1.84. The third-order valence-corrected chi connectivity index (χ3v) is 4.37. The molecule has 0 bridgehead atoms. The number of carbonyl (C=O) groups excluding carboxylic acids is 1. The standard InChI is InChI=1S/C13H21N3OS/c1-9-5-4-6-16(7-9)8-12(17)15-13-14-10(2)11(3)18-13/h9H,4-8H2,1-3H3,(H,14,15,17)/t9-/m1/s1. The molecule has 1 N–H and O–H groups in total. The second kappa shape index (κ2) is 5.80. The zero-order chi connectivity index (χ0) is 13.1. The maximum absolute atomic E-state index is 11.9. The maximum atomic E-state index is 11.9. The number of aromatic nitrogens is 1. The molecule has 0 aliphatic carbocycles. The second-order valence-corrected chi connectivity index (χ2v) is 6.39. The molecule has 100 valence electrons. The molecule has 1 amide bonds. The molecule has 2 rings (SSSR count). The van der Waals surface area contributed by atoms with E-state index >= 15 is 0 Å². The van der Waals surface area contributed by atoms with Crippen LogP contribution in [0.3, 0.4) is 0 Å². The van der Waals surface area contributed by atoms with E-state index < -0.39 is 0 Å². The summed E-state index contributed by atoms with van der Waals surface area (Å²) in [7, 11) is 0. The van der Waals surface area contributed by atoms with Gasteiger partial charge in [-0.3, -0.25) is 9.69 Å². The first kappa shape index (κ1) is 13.5. The zero-order valence-corrected chi connectivity index (χ0v) is 12.1. The van der Waals surface area contributed by atoms with Crippen LogP contribution in [0.15, 0.2) is 0 Å². The molecule has 0 aromatic carbocycles. The molecule has 1 aromatic rings. The molecular weight excluding hydrogens is 246 g/mol. The summed E-state index contributed by atoms with van der Waals surface area (Å²) in [6, 6.07) is 0. The number of thiazole rings is 1. The van der Waals surface area contributed by atoms with Crippen LogP contribution in [0.5, 0.6) is 0 Å². The Labute approximate surface area is 112 Å². The van der Waals surface area contributed by atoms with E-state index in [9.17, 15) is 4.79 Å².